The number of aryl methyl sites for hydroxylation is 2. The zero-order chi connectivity index (χ0) is 20.5. The number of nitrogens with zero attached hydrogens (tertiary/aromatic N) is 2. The summed E-state index contributed by atoms with van der Waals surface area (Å²) in [5.74, 6) is -0.435. The van der Waals surface area contributed by atoms with Gasteiger partial charge in [-0.05, 0) is 37.1 Å². The molecule has 0 unspecified atom stereocenters. The molecule has 28 heavy (non-hydrogen) atoms. The molecule has 0 saturated heterocycles. The highest BCUT2D eigenvalue weighted by molar-refractivity contribution is 7.90. The van der Waals surface area contributed by atoms with Crippen LogP contribution in [-0.4, -0.2) is 30.4 Å². The Balaban J connectivity index is 1.90. The molecule has 1 amide bonds. The van der Waals surface area contributed by atoms with Crippen LogP contribution in [0.25, 0.3) is 0 Å². The summed E-state index contributed by atoms with van der Waals surface area (Å²) in [6, 6.07) is 14.3. The maximum absolute atomic E-state index is 12.8. The normalized spacial score (nSPS) is 11.4. The maximum Gasteiger partial charge on any atom is 0.260 e. The second-order valence-electron chi connectivity index (χ2n) is 6.60. The molecule has 0 aliphatic rings. The molecule has 6 nitrogen and oxygen atoms in total. The third-order valence-electron chi connectivity index (χ3n) is 4.35. The molecule has 3 rings (SSSR count). The lowest BCUT2D eigenvalue weighted by atomic mass is 10.2. The van der Waals surface area contributed by atoms with Gasteiger partial charge >= 0.3 is 0 Å². The van der Waals surface area contributed by atoms with Gasteiger partial charge in [0.2, 0.25) is 0 Å². The molecular weight excluding hydrogens is 398 g/mol. The van der Waals surface area contributed by atoms with Crippen molar-refractivity contribution in [2.24, 2.45) is 0 Å². The Bertz CT molecular complexity index is 1140. The second kappa shape index (κ2) is 7.77. The van der Waals surface area contributed by atoms with Gasteiger partial charge in [0.1, 0.15) is 5.15 Å². The van der Waals surface area contributed by atoms with Gasteiger partial charge in [-0.1, -0.05) is 48.0 Å². The van der Waals surface area contributed by atoms with Crippen molar-refractivity contribution in [2.45, 2.75) is 25.3 Å². The van der Waals surface area contributed by atoms with Gasteiger partial charge in [-0.3, -0.25) is 4.79 Å². The molecule has 1 heterocycles. The Kier molecular flexibility index (Phi) is 5.58. The van der Waals surface area contributed by atoms with Gasteiger partial charge < -0.3 is 5.32 Å². The first-order valence-corrected chi connectivity index (χ1v) is 10.8. The van der Waals surface area contributed by atoms with Crippen molar-refractivity contribution >= 4 is 33.0 Å². The molecule has 0 aliphatic carbocycles. The molecule has 0 saturated carbocycles. The number of carbonyl (C=O) groups excluding carboxylic acids is 1. The summed E-state index contributed by atoms with van der Waals surface area (Å²) in [6.45, 7) is 3.94. The van der Waals surface area contributed by atoms with Gasteiger partial charge in [-0.25, -0.2) is 13.1 Å². The molecule has 146 valence electrons. The van der Waals surface area contributed by atoms with Crippen LogP contribution in [0.3, 0.4) is 0 Å². The number of rotatable bonds is 5. The largest absolute Gasteiger partial charge is 0.322 e. The van der Waals surface area contributed by atoms with Crippen LogP contribution in [0.15, 0.2) is 53.4 Å². The molecule has 0 spiro atoms. The summed E-state index contributed by atoms with van der Waals surface area (Å²) in [5.41, 5.74) is 2.93. The fourth-order valence-corrected chi connectivity index (χ4v) is 3.79. The molecular formula is C20H20ClN3O3S. The summed E-state index contributed by atoms with van der Waals surface area (Å²) < 4.78 is 25.2. The van der Waals surface area contributed by atoms with Crippen LogP contribution in [0.4, 0.5) is 5.69 Å². The standard InChI is InChI=1S/C20H20ClN3O3S/c1-13-9-10-16(28(3,26)27)11-17(13)22-20(25)18-14(2)23-24(19(18)21)12-15-7-5-4-6-8-15/h4-11H,12H2,1-3H3,(H,22,25). The zero-order valence-corrected chi connectivity index (χ0v) is 17.3. The zero-order valence-electron chi connectivity index (χ0n) is 15.7. The smallest absolute Gasteiger partial charge is 0.260 e. The Morgan fingerprint density at radius 1 is 1.14 bits per heavy atom. The Morgan fingerprint density at radius 3 is 2.46 bits per heavy atom. The van der Waals surface area contributed by atoms with Gasteiger partial charge in [0, 0.05) is 11.9 Å². The van der Waals surface area contributed by atoms with Crippen LogP contribution >= 0.6 is 11.6 Å². The fraction of sp³-hybridized carbons (Fsp3) is 0.200. The first-order valence-electron chi connectivity index (χ1n) is 8.55. The molecule has 0 atom stereocenters. The molecule has 8 heteroatoms. The Morgan fingerprint density at radius 2 is 1.82 bits per heavy atom. The minimum atomic E-state index is -3.38. The number of sulfone groups is 1. The molecule has 0 fully saturated rings. The number of amides is 1. The van der Waals surface area contributed by atoms with E-state index in [2.05, 4.69) is 10.4 Å². The predicted molar refractivity (Wildman–Crippen MR) is 110 cm³/mol. The lowest BCUT2D eigenvalue weighted by molar-refractivity contribution is 0.102. The fourth-order valence-electron chi connectivity index (χ4n) is 2.82. The Hall–Kier alpha value is -2.64. The summed E-state index contributed by atoms with van der Waals surface area (Å²) in [4.78, 5) is 13.0. The van der Waals surface area contributed by atoms with Crippen LogP contribution in [0.5, 0.6) is 0 Å². The molecule has 0 radical (unpaired) electrons. The number of hydrogen-bond donors (Lipinski definition) is 1. The summed E-state index contributed by atoms with van der Waals surface area (Å²) in [6.07, 6.45) is 1.12. The van der Waals surface area contributed by atoms with E-state index < -0.39 is 15.7 Å². The van der Waals surface area contributed by atoms with Crippen molar-refractivity contribution in [1.82, 2.24) is 9.78 Å². The van der Waals surface area contributed by atoms with E-state index in [0.717, 1.165) is 17.4 Å². The quantitative estimate of drug-likeness (QED) is 0.683. The van der Waals surface area contributed by atoms with Gasteiger partial charge in [0.15, 0.2) is 9.84 Å². The van der Waals surface area contributed by atoms with E-state index in [4.69, 9.17) is 11.6 Å². The number of benzene rings is 2. The van der Waals surface area contributed by atoms with Gasteiger partial charge in [-0.2, -0.15) is 5.10 Å². The van der Waals surface area contributed by atoms with Crippen LogP contribution in [0.2, 0.25) is 5.15 Å². The van der Waals surface area contributed by atoms with Crippen LogP contribution < -0.4 is 5.32 Å². The number of halogens is 1. The van der Waals surface area contributed by atoms with E-state index in [9.17, 15) is 13.2 Å². The predicted octanol–water partition coefficient (Wildman–Crippen LogP) is 3.86. The average molecular weight is 418 g/mol. The minimum absolute atomic E-state index is 0.135. The van der Waals surface area contributed by atoms with Crippen molar-refractivity contribution in [3.63, 3.8) is 0 Å². The van der Waals surface area contributed by atoms with Gasteiger partial charge in [-0.15, -0.1) is 0 Å². The van der Waals surface area contributed by atoms with Crippen molar-refractivity contribution in [1.29, 1.82) is 0 Å². The molecule has 0 aliphatic heterocycles. The maximum atomic E-state index is 12.8. The number of nitrogens with one attached hydrogen (secondary N) is 1. The van der Waals surface area contributed by atoms with Crippen LogP contribution in [0.1, 0.15) is 27.2 Å². The van der Waals surface area contributed by atoms with Crippen LogP contribution in [-0.2, 0) is 16.4 Å². The first-order chi connectivity index (χ1) is 13.2. The average Bonchev–Trinajstić information content (AvgIpc) is 2.90. The van der Waals surface area contributed by atoms with E-state index in [1.165, 1.54) is 12.1 Å². The SMILES string of the molecule is Cc1ccc(S(C)(=O)=O)cc1NC(=O)c1c(C)nn(Cc2ccccc2)c1Cl. The number of anilines is 1. The number of hydrogen-bond acceptors (Lipinski definition) is 4. The topological polar surface area (TPSA) is 81.1 Å². The highest BCUT2D eigenvalue weighted by atomic mass is 35.5. The lowest BCUT2D eigenvalue weighted by Gasteiger charge is -2.10. The van der Waals surface area contributed by atoms with E-state index in [1.54, 1.807) is 24.6 Å². The third-order valence-corrected chi connectivity index (χ3v) is 5.85. The number of aromatic nitrogens is 2. The molecule has 2 aromatic carbocycles. The molecule has 1 N–H and O–H groups in total. The highest BCUT2D eigenvalue weighted by Gasteiger charge is 2.21. The van der Waals surface area contributed by atoms with Crippen molar-refractivity contribution in [3.05, 3.63) is 76.1 Å². The van der Waals surface area contributed by atoms with E-state index in [0.29, 0.717) is 17.9 Å². The molecule has 1 aromatic heterocycles. The summed E-state index contributed by atoms with van der Waals surface area (Å²) in [5, 5.41) is 7.36. The Labute approximate surface area is 169 Å². The van der Waals surface area contributed by atoms with Crippen molar-refractivity contribution in [3.8, 4) is 0 Å². The van der Waals surface area contributed by atoms with Gasteiger partial charge in [0.25, 0.3) is 5.91 Å². The minimum Gasteiger partial charge on any atom is -0.322 e. The summed E-state index contributed by atoms with van der Waals surface area (Å²) >= 11 is 6.43. The van der Waals surface area contributed by atoms with E-state index in [-0.39, 0.29) is 15.6 Å². The van der Waals surface area contributed by atoms with Crippen molar-refractivity contribution < 1.29 is 13.2 Å². The third kappa shape index (κ3) is 4.26. The van der Waals surface area contributed by atoms with E-state index >= 15 is 0 Å². The lowest BCUT2D eigenvalue weighted by Crippen LogP contribution is -2.14. The first kappa shape index (κ1) is 20.1. The monoisotopic (exact) mass is 417 g/mol. The second-order valence-corrected chi connectivity index (χ2v) is 8.97. The molecule has 3 aromatic rings. The van der Waals surface area contributed by atoms with E-state index in [1.807, 2.05) is 30.3 Å². The van der Waals surface area contributed by atoms with Gasteiger partial charge in [0.05, 0.1) is 22.7 Å². The molecule has 0 bridgehead atoms. The highest BCUT2D eigenvalue weighted by Crippen LogP contribution is 2.25. The van der Waals surface area contributed by atoms with Crippen LogP contribution in [0, 0.1) is 13.8 Å². The van der Waals surface area contributed by atoms with Crippen molar-refractivity contribution in [2.75, 3.05) is 11.6 Å². The summed E-state index contributed by atoms with van der Waals surface area (Å²) in [7, 11) is -3.38. The number of carbonyl (C=O) groups is 1.